The lowest BCUT2D eigenvalue weighted by Crippen LogP contribution is -2.31. The van der Waals surface area contributed by atoms with Crippen LogP contribution in [0.25, 0.3) is 10.8 Å². The summed E-state index contributed by atoms with van der Waals surface area (Å²) in [4.78, 5) is 25.3. The Hall–Kier alpha value is -4.67. The number of rotatable bonds is 11. The zero-order chi connectivity index (χ0) is 33.1. The monoisotopic (exact) mass is 665 g/mol. The third-order valence-corrected chi connectivity index (χ3v) is 9.63. The van der Waals surface area contributed by atoms with E-state index < -0.39 is 51.0 Å². The van der Waals surface area contributed by atoms with Gasteiger partial charge in [-0.2, -0.15) is 13.2 Å². The van der Waals surface area contributed by atoms with Crippen LogP contribution in [0.1, 0.15) is 33.5 Å². The van der Waals surface area contributed by atoms with Gasteiger partial charge in [0.25, 0.3) is 10.0 Å². The Morgan fingerprint density at radius 3 is 2.17 bits per heavy atom. The molecule has 236 valence electrons. The molecule has 11 heteroatoms. The second kappa shape index (κ2) is 13.4. The van der Waals surface area contributed by atoms with Crippen molar-refractivity contribution < 1.29 is 36.3 Å². The van der Waals surface area contributed by atoms with Gasteiger partial charge in [-0.25, -0.2) is 8.42 Å². The van der Waals surface area contributed by atoms with Gasteiger partial charge in [0.1, 0.15) is 0 Å². The van der Waals surface area contributed by atoms with Crippen LogP contribution in [0.15, 0.2) is 120 Å². The molecule has 1 unspecified atom stereocenters. The van der Waals surface area contributed by atoms with Crippen molar-refractivity contribution in [1.29, 1.82) is 0 Å². The highest BCUT2D eigenvalue weighted by atomic mass is 35.5. The van der Waals surface area contributed by atoms with Gasteiger partial charge in [0.15, 0.2) is 5.78 Å². The van der Waals surface area contributed by atoms with Crippen LogP contribution in [0.5, 0.6) is 0 Å². The number of carbonyl (C=O) groups is 2. The average molecular weight is 666 g/mol. The van der Waals surface area contributed by atoms with Crippen LogP contribution >= 0.6 is 11.6 Å². The zero-order valence-corrected chi connectivity index (χ0v) is 25.7. The zero-order valence-electron chi connectivity index (χ0n) is 24.1. The number of alkyl halides is 3. The molecule has 0 bridgehead atoms. The van der Waals surface area contributed by atoms with Crippen LogP contribution in [-0.2, 0) is 34.0 Å². The lowest BCUT2D eigenvalue weighted by atomic mass is 9.92. The molecular weight excluding hydrogens is 639 g/mol. The fourth-order valence-corrected chi connectivity index (χ4v) is 6.85. The largest absolute Gasteiger partial charge is 0.481 e. The first kappa shape index (κ1) is 32.7. The lowest BCUT2D eigenvalue weighted by molar-refractivity contribution is -0.141. The summed E-state index contributed by atoms with van der Waals surface area (Å²) in [5, 5.41) is 10.7. The van der Waals surface area contributed by atoms with E-state index >= 15 is 0 Å². The number of carbonyl (C=O) groups excluding carboxylic acids is 1. The van der Waals surface area contributed by atoms with E-state index in [9.17, 15) is 36.3 Å². The Labute approximate surface area is 268 Å². The second-order valence-electron chi connectivity index (χ2n) is 10.7. The van der Waals surface area contributed by atoms with E-state index in [0.29, 0.717) is 5.39 Å². The summed E-state index contributed by atoms with van der Waals surface area (Å²) >= 11 is 5.81. The van der Waals surface area contributed by atoms with Crippen LogP contribution in [0.3, 0.4) is 0 Å². The van der Waals surface area contributed by atoms with E-state index in [0.717, 1.165) is 27.4 Å². The van der Waals surface area contributed by atoms with Crippen molar-refractivity contribution in [2.75, 3.05) is 4.31 Å². The summed E-state index contributed by atoms with van der Waals surface area (Å²) < 4.78 is 70.4. The molecule has 6 nitrogen and oxygen atoms in total. The van der Waals surface area contributed by atoms with Crippen LogP contribution in [0, 0.1) is 5.92 Å². The van der Waals surface area contributed by atoms with Gasteiger partial charge in [0, 0.05) is 12.0 Å². The predicted molar refractivity (Wildman–Crippen MR) is 170 cm³/mol. The quantitative estimate of drug-likeness (QED) is 0.143. The topological polar surface area (TPSA) is 91.8 Å². The maximum atomic E-state index is 14.2. The fourth-order valence-electron chi connectivity index (χ4n) is 5.15. The maximum Gasteiger partial charge on any atom is 0.417 e. The van der Waals surface area contributed by atoms with Crippen LogP contribution in [0.2, 0.25) is 5.02 Å². The predicted octanol–water partition coefficient (Wildman–Crippen LogP) is 8.42. The van der Waals surface area contributed by atoms with Gasteiger partial charge in [-0.1, -0.05) is 90.5 Å². The minimum Gasteiger partial charge on any atom is -0.481 e. The Morgan fingerprint density at radius 2 is 1.48 bits per heavy atom. The van der Waals surface area contributed by atoms with Gasteiger partial charge in [0.05, 0.1) is 33.6 Å². The molecule has 1 N–H and O–H groups in total. The number of benzene rings is 5. The molecule has 1 atom stereocenters. The first-order valence-electron chi connectivity index (χ1n) is 14.1. The number of carboxylic acid groups (broad SMARTS) is 1. The standard InChI is InChI=1S/C35H27ClF3NO5S/c36-32-16-13-24(18-31(32)35(37,38)39)22-40(46(44,45)30-15-14-25-9-4-5-10-26(25)20-30)29-12-6-11-27(19-29)33(41)21-28(34(42)43)17-23-7-2-1-3-8-23/h1-16,18-20,28H,17,21-22H2,(H,42,43). The van der Waals surface area contributed by atoms with Gasteiger partial charge in [0.2, 0.25) is 0 Å². The fraction of sp³-hybridized carbons (Fsp3) is 0.143. The summed E-state index contributed by atoms with van der Waals surface area (Å²) in [5.41, 5.74) is -0.297. The van der Waals surface area contributed by atoms with Crippen molar-refractivity contribution in [3.8, 4) is 0 Å². The van der Waals surface area contributed by atoms with E-state index in [4.69, 9.17) is 11.6 Å². The number of halogens is 4. The van der Waals surface area contributed by atoms with Gasteiger partial charge in [-0.05, 0) is 64.7 Å². The molecule has 0 aliphatic rings. The third kappa shape index (κ3) is 7.41. The SMILES string of the molecule is O=C(CC(Cc1ccccc1)C(=O)O)c1cccc(N(Cc2ccc(Cl)c(C(F)(F)F)c2)S(=O)(=O)c2ccc3ccccc3c2)c1. The van der Waals surface area contributed by atoms with E-state index in [1.807, 2.05) is 6.07 Å². The van der Waals surface area contributed by atoms with Gasteiger partial charge in [-0.15, -0.1) is 0 Å². The smallest absolute Gasteiger partial charge is 0.417 e. The molecule has 5 aromatic carbocycles. The molecule has 0 aliphatic carbocycles. The van der Waals surface area contributed by atoms with Crippen LogP contribution in [0.4, 0.5) is 18.9 Å². The molecule has 46 heavy (non-hydrogen) atoms. The van der Waals surface area contributed by atoms with Crippen molar-refractivity contribution in [3.63, 3.8) is 0 Å². The van der Waals surface area contributed by atoms with Crippen molar-refractivity contribution in [2.45, 2.75) is 30.5 Å². The number of hydrogen-bond acceptors (Lipinski definition) is 4. The molecule has 0 amide bonds. The molecule has 0 aromatic heterocycles. The Kier molecular flexibility index (Phi) is 9.50. The number of Topliss-reactive ketones (excluding diaryl/α,β-unsaturated/α-hetero) is 1. The first-order valence-corrected chi connectivity index (χ1v) is 15.9. The molecule has 0 radical (unpaired) electrons. The van der Waals surface area contributed by atoms with Gasteiger partial charge in [-0.3, -0.25) is 13.9 Å². The molecule has 0 saturated carbocycles. The number of nitrogens with zero attached hydrogens (tertiary/aromatic N) is 1. The highest BCUT2D eigenvalue weighted by molar-refractivity contribution is 7.92. The average Bonchev–Trinajstić information content (AvgIpc) is 3.03. The highest BCUT2D eigenvalue weighted by Gasteiger charge is 2.34. The summed E-state index contributed by atoms with van der Waals surface area (Å²) in [6.45, 7) is -0.515. The summed E-state index contributed by atoms with van der Waals surface area (Å²) in [5.74, 6) is -2.72. The summed E-state index contributed by atoms with van der Waals surface area (Å²) in [7, 11) is -4.41. The van der Waals surface area contributed by atoms with E-state index in [1.54, 1.807) is 54.6 Å². The molecule has 0 heterocycles. The number of fused-ring (bicyclic) bond motifs is 1. The van der Waals surface area contributed by atoms with Crippen molar-refractivity contribution in [3.05, 3.63) is 143 Å². The third-order valence-electron chi connectivity index (χ3n) is 7.53. The minimum atomic E-state index is -4.78. The minimum absolute atomic E-state index is 0.00613. The summed E-state index contributed by atoms with van der Waals surface area (Å²) in [6.07, 6.45) is -5.01. The van der Waals surface area contributed by atoms with Crippen LogP contribution in [-0.4, -0.2) is 25.3 Å². The lowest BCUT2D eigenvalue weighted by Gasteiger charge is -2.26. The molecule has 0 saturated heterocycles. The summed E-state index contributed by atoms with van der Waals surface area (Å²) in [6, 6.07) is 29.2. The number of aliphatic carboxylic acids is 1. The Morgan fingerprint density at radius 1 is 0.783 bits per heavy atom. The highest BCUT2D eigenvalue weighted by Crippen LogP contribution is 2.36. The van der Waals surface area contributed by atoms with Gasteiger partial charge < -0.3 is 5.11 Å². The molecule has 5 aromatic rings. The van der Waals surface area contributed by atoms with E-state index in [-0.39, 0.29) is 34.6 Å². The van der Waals surface area contributed by atoms with Crippen molar-refractivity contribution in [1.82, 2.24) is 0 Å². The molecule has 5 rings (SSSR count). The Balaban J connectivity index is 1.54. The van der Waals surface area contributed by atoms with E-state index in [1.165, 1.54) is 42.5 Å². The molecule has 0 spiro atoms. The normalized spacial score (nSPS) is 12.5. The van der Waals surface area contributed by atoms with Crippen molar-refractivity contribution >= 4 is 49.8 Å². The molecule has 0 aliphatic heterocycles. The molecule has 0 fully saturated rings. The number of anilines is 1. The molecular formula is C35H27ClF3NO5S. The first-order chi connectivity index (χ1) is 21.8. The second-order valence-corrected chi connectivity index (χ2v) is 13.0. The number of carboxylic acids is 1. The number of sulfonamides is 1. The van der Waals surface area contributed by atoms with Gasteiger partial charge >= 0.3 is 12.1 Å². The Bertz CT molecular complexity index is 2020. The number of ketones is 1. The number of hydrogen-bond donors (Lipinski definition) is 1. The van der Waals surface area contributed by atoms with E-state index in [2.05, 4.69) is 0 Å². The van der Waals surface area contributed by atoms with Crippen molar-refractivity contribution in [2.24, 2.45) is 5.92 Å². The van der Waals surface area contributed by atoms with Crippen LogP contribution < -0.4 is 4.31 Å². The maximum absolute atomic E-state index is 14.2.